The Kier molecular flexibility index (Phi) is 5.37. The number of rotatable bonds is 5. The second-order valence-corrected chi connectivity index (χ2v) is 7.60. The Hall–Kier alpha value is -4.01. The Morgan fingerprint density at radius 1 is 1.06 bits per heavy atom. The van der Waals surface area contributed by atoms with Gasteiger partial charge in [0.15, 0.2) is 5.82 Å². The standard InChI is InChI=1S/C23H21FN6O2/c24-18-4-2-16(3-5-18)17-14-20(25-15-17)23(31)29-12-8-19(9-13-29)32-22-7-6-21(27-28-22)30-11-1-10-26-30/h1-7,10-11,14-15,19,25H,8-9,12-13H2. The molecular formula is C23H21FN6O2. The molecule has 0 bridgehead atoms. The third-order valence-electron chi connectivity index (χ3n) is 5.47. The topological polar surface area (TPSA) is 88.9 Å². The molecule has 1 saturated heterocycles. The number of likely N-dealkylation sites (tertiary alicyclic amines) is 1. The maximum atomic E-state index is 13.1. The van der Waals surface area contributed by atoms with Gasteiger partial charge in [0.2, 0.25) is 5.88 Å². The number of piperidine rings is 1. The largest absolute Gasteiger partial charge is 0.473 e. The molecule has 162 valence electrons. The summed E-state index contributed by atoms with van der Waals surface area (Å²) in [5, 5.41) is 12.4. The maximum Gasteiger partial charge on any atom is 0.270 e. The Morgan fingerprint density at radius 3 is 2.56 bits per heavy atom. The minimum absolute atomic E-state index is 0.0256. The van der Waals surface area contributed by atoms with Crippen molar-refractivity contribution >= 4 is 5.91 Å². The van der Waals surface area contributed by atoms with Crippen molar-refractivity contribution in [2.24, 2.45) is 0 Å². The van der Waals surface area contributed by atoms with Crippen LogP contribution < -0.4 is 4.74 Å². The van der Waals surface area contributed by atoms with E-state index in [-0.39, 0.29) is 17.8 Å². The second kappa shape index (κ2) is 8.62. The van der Waals surface area contributed by atoms with E-state index in [9.17, 15) is 9.18 Å². The zero-order valence-electron chi connectivity index (χ0n) is 17.2. The van der Waals surface area contributed by atoms with Crippen LogP contribution in [0.3, 0.4) is 0 Å². The number of nitrogens with one attached hydrogen (secondary N) is 1. The quantitative estimate of drug-likeness (QED) is 0.522. The van der Waals surface area contributed by atoms with Crippen LogP contribution in [0.2, 0.25) is 0 Å². The van der Waals surface area contributed by atoms with Crippen LogP contribution in [-0.2, 0) is 0 Å². The molecule has 32 heavy (non-hydrogen) atoms. The molecule has 8 nitrogen and oxygen atoms in total. The molecule has 5 rings (SSSR count). The molecule has 9 heteroatoms. The van der Waals surface area contributed by atoms with Crippen molar-refractivity contribution in [1.29, 1.82) is 0 Å². The third kappa shape index (κ3) is 4.22. The number of aromatic amines is 1. The van der Waals surface area contributed by atoms with Crippen LogP contribution in [0.4, 0.5) is 4.39 Å². The highest BCUT2D eigenvalue weighted by Gasteiger charge is 2.26. The molecule has 4 aromatic rings. The molecule has 0 spiro atoms. The highest BCUT2D eigenvalue weighted by Crippen LogP contribution is 2.23. The number of halogens is 1. The minimum Gasteiger partial charge on any atom is -0.473 e. The SMILES string of the molecule is O=C(c1cc(-c2ccc(F)cc2)c[nH]1)N1CCC(Oc2ccc(-n3cccn3)nn2)CC1. The monoisotopic (exact) mass is 432 g/mol. The van der Waals surface area contributed by atoms with Crippen molar-refractivity contribution in [3.8, 4) is 22.8 Å². The first kappa shape index (κ1) is 19.9. The molecule has 1 aliphatic rings. The fraction of sp³-hybridized carbons (Fsp3) is 0.217. The molecular weight excluding hydrogens is 411 g/mol. The normalized spacial score (nSPS) is 14.5. The average Bonchev–Trinajstić information content (AvgIpc) is 3.53. The summed E-state index contributed by atoms with van der Waals surface area (Å²) in [5.41, 5.74) is 2.22. The summed E-state index contributed by atoms with van der Waals surface area (Å²) in [6.45, 7) is 1.18. The number of amides is 1. The van der Waals surface area contributed by atoms with Crippen molar-refractivity contribution in [1.82, 2.24) is 29.9 Å². The van der Waals surface area contributed by atoms with Crippen LogP contribution in [0.1, 0.15) is 23.3 Å². The van der Waals surface area contributed by atoms with Crippen LogP contribution in [0.25, 0.3) is 16.9 Å². The molecule has 1 aliphatic heterocycles. The number of hydrogen-bond donors (Lipinski definition) is 1. The number of H-pyrrole nitrogens is 1. The molecule has 3 aromatic heterocycles. The van der Waals surface area contributed by atoms with Crippen molar-refractivity contribution in [2.75, 3.05) is 13.1 Å². The van der Waals surface area contributed by atoms with E-state index in [2.05, 4.69) is 20.3 Å². The lowest BCUT2D eigenvalue weighted by molar-refractivity contribution is 0.0581. The number of carbonyl (C=O) groups excluding carboxylic acids is 1. The van der Waals surface area contributed by atoms with Gasteiger partial charge in [-0.05, 0) is 41.5 Å². The van der Waals surface area contributed by atoms with Crippen LogP contribution >= 0.6 is 0 Å². The molecule has 0 radical (unpaired) electrons. The van der Waals surface area contributed by atoms with E-state index in [1.165, 1.54) is 12.1 Å². The fourth-order valence-corrected chi connectivity index (χ4v) is 3.75. The number of benzene rings is 1. The molecule has 1 N–H and O–H groups in total. The fourth-order valence-electron chi connectivity index (χ4n) is 3.75. The number of hydrogen-bond acceptors (Lipinski definition) is 5. The predicted octanol–water partition coefficient (Wildman–Crippen LogP) is 3.48. The van der Waals surface area contributed by atoms with Gasteiger partial charge >= 0.3 is 0 Å². The molecule has 1 amide bonds. The minimum atomic E-state index is -0.287. The van der Waals surface area contributed by atoms with Gasteiger partial charge in [-0.1, -0.05) is 12.1 Å². The van der Waals surface area contributed by atoms with E-state index in [0.29, 0.717) is 43.3 Å². The van der Waals surface area contributed by atoms with Crippen molar-refractivity contribution in [3.63, 3.8) is 0 Å². The number of aromatic nitrogens is 5. The van der Waals surface area contributed by atoms with Crippen LogP contribution in [-0.4, -0.2) is 55.0 Å². The van der Waals surface area contributed by atoms with Gasteiger partial charge in [-0.25, -0.2) is 9.07 Å². The van der Waals surface area contributed by atoms with Gasteiger partial charge in [0.05, 0.1) is 0 Å². The van der Waals surface area contributed by atoms with Gasteiger partial charge in [-0.3, -0.25) is 4.79 Å². The molecule has 4 heterocycles. The summed E-state index contributed by atoms with van der Waals surface area (Å²) < 4.78 is 20.7. The zero-order valence-corrected chi connectivity index (χ0v) is 17.2. The van der Waals surface area contributed by atoms with Gasteiger partial charge in [0.25, 0.3) is 5.91 Å². The summed E-state index contributed by atoms with van der Waals surface area (Å²) in [6.07, 6.45) is 6.63. The van der Waals surface area contributed by atoms with E-state index >= 15 is 0 Å². The van der Waals surface area contributed by atoms with E-state index in [1.807, 2.05) is 11.0 Å². The van der Waals surface area contributed by atoms with Gasteiger partial charge < -0.3 is 14.6 Å². The summed E-state index contributed by atoms with van der Waals surface area (Å²) >= 11 is 0. The molecule has 0 atom stereocenters. The smallest absolute Gasteiger partial charge is 0.270 e. The Labute approximate surface area is 183 Å². The maximum absolute atomic E-state index is 13.1. The van der Waals surface area contributed by atoms with E-state index in [1.54, 1.807) is 53.6 Å². The number of ether oxygens (including phenoxy) is 1. The molecule has 0 aliphatic carbocycles. The van der Waals surface area contributed by atoms with Crippen molar-refractivity contribution < 1.29 is 13.9 Å². The molecule has 0 unspecified atom stereocenters. The summed E-state index contributed by atoms with van der Waals surface area (Å²) in [7, 11) is 0. The first-order valence-electron chi connectivity index (χ1n) is 10.4. The van der Waals surface area contributed by atoms with Crippen molar-refractivity contribution in [2.45, 2.75) is 18.9 Å². The second-order valence-electron chi connectivity index (χ2n) is 7.60. The lowest BCUT2D eigenvalue weighted by Crippen LogP contribution is -2.42. The van der Waals surface area contributed by atoms with E-state index in [4.69, 9.17) is 4.74 Å². The highest BCUT2D eigenvalue weighted by atomic mass is 19.1. The van der Waals surface area contributed by atoms with Crippen LogP contribution in [0.15, 0.2) is 67.1 Å². The van der Waals surface area contributed by atoms with E-state index in [0.717, 1.165) is 11.1 Å². The van der Waals surface area contributed by atoms with Gasteiger partial charge in [0.1, 0.15) is 17.6 Å². The molecule has 1 fully saturated rings. The number of carbonyl (C=O) groups is 1. The van der Waals surface area contributed by atoms with Crippen LogP contribution in [0.5, 0.6) is 5.88 Å². The summed E-state index contributed by atoms with van der Waals surface area (Å²) in [5.74, 6) is 0.735. The Morgan fingerprint density at radius 2 is 1.88 bits per heavy atom. The zero-order chi connectivity index (χ0) is 21.9. The van der Waals surface area contributed by atoms with Gasteiger partial charge in [0, 0.05) is 50.6 Å². The highest BCUT2D eigenvalue weighted by molar-refractivity contribution is 5.94. The van der Waals surface area contributed by atoms with Crippen LogP contribution in [0, 0.1) is 5.82 Å². The summed E-state index contributed by atoms with van der Waals surface area (Å²) in [6, 6.07) is 13.4. The van der Waals surface area contributed by atoms with Gasteiger partial charge in [-0.15, -0.1) is 10.2 Å². The molecule has 1 aromatic carbocycles. The van der Waals surface area contributed by atoms with E-state index < -0.39 is 0 Å². The number of nitrogens with zero attached hydrogens (tertiary/aromatic N) is 5. The third-order valence-corrected chi connectivity index (χ3v) is 5.47. The van der Waals surface area contributed by atoms with Gasteiger partial charge in [-0.2, -0.15) is 5.10 Å². The Bertz CT molecular complexity index is 1180. The molecule has 0 saturated carbocycles. The first-order chi connectivity index (χ1) is 15.7. The average molecular weight is 432 g/mol. The lowest BCUT2D eigenvalue weighted by Gasteiger charge is -2.31. The van der Waals surface area contributed by atoms with Crippen molar-refractivity contribution in [3.05, 3.63) is 78.6 Å². The predicted molar refractivity (Wildman–Crippen MR) is 115 cm³/mol. The first-order valence-corrected chi connectivity index (χ1v) is 10.4. The Balaban J connectivity index is 1.16. The summed E-state index contributed by atoms with van der Waals surface area (Å²) in [4.78, 5) is 17.7. The lowest BCUT2D eigenvalue weighted by atomic mass is 10.1.